The predicted octanol–water partition coefficient (Wildman–Crippen LogP) is 2.74. The third-order valence-electron chi connectivity index (χ3n) is 2.51. The molecule has 0 radical (unpaired) electrons. The minimum atomic E-state index is 0.471. The average Bonchev–Trinajstić information content (AvgIpc) is 2.28. The maximum absolute atomic E-state index is 5.87. The normalized spacial score (nSPS) is 10.2. The molecule has 0 heterocycles. The summed E-state index contributed by atoms with van der Waals surface area (Å²) in [5.41, 5.74) is 15.1. The van der Waals surface area contributed by atoms with Crippen LogP contribution in [0.2, 0.25) is 0 Å². The zero-order chi connectivity index (χ0) is 12.3. The highest BCUT2D eigenvalue weighted by atomic mass is 16.5. The van der Waals surface area contributed by atoms with Crippen LogP contribution in [-0.4, -0.2) is 0 Å². The lowest BCUT2D eigenvalue weighted by atomic mass is 10.2. The largest absolute Gasteiger partial charge is 0.487 e. The van der Waals surface area contributed by atoms with Gasteiger partial charge in [0.05, 0.1) is 5.69 Å². The number of ether oxygens (including phenoxy) is 1. The van der Waals surface area contributed by atoms with E-state index < -0.39 is 0 Å². The van der Waals surface area contributed by atoms with E-state index in [0.717, 1.165) is 16.8 Å². The third kappa shape index (κ3) is 2.91. The molecule has 0 bridgehead atoms. The van der Waals surface area contributed by atoms with Crippen LogP contribution in [0.4, 0.5) is 11.4 Å². The topological polar surface area (TPSA) is 61.3 Å². The molecule has 3 nitrogen and oxygen atoms in total. The van der Waals surface area contributed by atoms with Crippen molar-refractivity contribution < 1.29 is 4.74 Å². The van der Waals surface area contributed by atoms with E-state index in [1.54, 1.807) is 0 Å². The van der Waals surface area contributed by atoms with Crippen molar-refractivity contribution in [1.29, 1.82) is 0 Å². The fourth-order valence-electron chi connectivity index (χ4n) is 1.64. The third-order valence-corrected chi connectivity index (χ3v) is 2.51. The standard InChI is InChI=1S/C14H16N2O/c1-10-5-6-14(13(16)7-10)17-9-11-3-2-4-12(15)8-11/h2-8H,9,15-16H2,1H3. The number of hydrogen-bond donors (Lipinski definition) is 2. The molecule has 0 aliphatic heterocycles. The molecule has 0 saturated carbocycles. The smallest absolute Gasteiger partial charge is 0.142 e. The molecule has 0 atom stereocenters. The Hall–Kier alpha value is -2.16. The molecule has 17 heavy (non-hydrogen) atoms. The Bertz CT molecular complexity index is 523. The molecule has 0 unspecified atom stereocenters. The van der Waals surface area contributed by atoms with Gasteiger partial charge in [-0.2, -0.15) is 0 Å². The molecule has 4 N–H and O–H groups in total. The predicted molar refractivity (Wildman–Crippen MR) is 70.8 cm³/mol. The fraction of sp³-hybridized carbons (Fsp3) is 0.143. The van der Waals surface area contributed by atoms with Crippen molar-refractivity contribution >= 4 is 11.4 Å². The van der Waals surface area contributed by atoms with Crippen molar-refractivity contribution in [2.45, 2.75) is 13.5 Å². The van der Waals surface area contributed by atoms with Crippen LogP contribution in [0.15, 0.2) is 42.5 Å². The van der Waals surface area contributed by atoms with Crippen LogP contribution >= 0.6 is 0 Å². The SMILES string of the molecule is Cc1ccc(OCc2cccc(N)c2)c(N)c1. The highest BCUT2D eigenvalue weighted by Gasteiger charge is 2.01. The molecule has 88 valence electrons. The van der Waals surface area contributed by atoms with E-state index in [-0.39, 0.29) is 0 Å². The molecule has 0 spiro atoms. The Morgan fingerprint density at radius 3 is 2.59 bits per heavy atom. The second-order valence-electron chi connectivity index (χ2n) is 4.07. The highest BCUT2D eigenvalue weighted by molar-refractivity contribution is 5.54. The van der Waals surface area contributed by atoms with E-state index in [1.807, 2.05) is 49.4 Å². The molecule has 0 saturated heterocycles. The maximum atomic E-state index is 5.87. The van der Waals surface area contributed by atoms with Gasteiger partial charge in [-0.05, 0) is 42.3 Å². The van der Waals surface area contributed by atoms with Gasteiger partial charge in [0.15, 0.2) is 0 Å². The lowest BCUT2D eigenvalue weighted by Gasteiger charge is -2.09. The van der Waals surface area contributed by atoms with Crippen molar-refractivity contribution in [2.75, 3.05) is 11.5 Å². The minimum absolute atomic E-state index is 0.471. The first-order valence-corrected chi connectivity index (χ1v) is 5.48. The Labute approximate surface area is 101 Å². The molecule has 3 heteroatoms. The lowest BCUT2D eigenvalue weighted by molar-refractivity contribution is 0.308. The zero-order valence-electron chi connectivity index (χ0n) is 9.81. The van der Waals surface area contributed by atoms with Crippen LogP contribution in [0, 0.1) is 6.92 Å². The van der Waals surface area contributed by atoms with Crippen LogP contribution in [-0.2, 0) is 6.61 Å². The molecule has 0 aromatic heterocycles. The van der Waals surface area contributed by atoms with Crippen molar-refractivity contribution in [3.8, 4) is 5.75 Å². The summed E-state index contributed by atoms with van der Waals surface area (Å²) >= 11 is 0. The summed E-state index contributed by atoms with van der Waals surface area (Å²) < 4.78 is 5.65. The van der Waals surface area contributed by atoms with Gasteiger partial charge >= 0.3 is 0 Å². The quantitative estimate of drug-likeness (QED) is 0.794. The van der Waals surface area contributed by atoms with Gasteiger partial charge in [0.25, 0.3) is 0 Å². The van der Waals surface area contributed by atoms with Gasteiger partial charge in [0.1, 0.15) is 12.4 Å². The van der Waals surface area contributed by atoms with E-state index in [1.165, 1.54) is 0 Å². The van der Waals surface area contributed by atoms with Crippen molar-refractivity contribution in [3.05, 3.63) is 53.6 Å². The Morgan fingerprint density at radius 2 is 1.88 bits per heavy atom. The highest BCUT2D eigenvalue weighted by Crippen LogP contribution is 2.23. The molecular formula is C14H16N2O. The lowest BCUT2D eigenvalue weighted by Crippen LogP contribution is -1.99. The first kappa shape index (κ1) is 11.3. The first-order valence-electron chi connectivity index (χ1n) is 5.48. The summed E-state index contributed by atoms with van der Waals surface area (Å²) in [6.07, 6.45) is 0. The number of hydrogen-bond acceptors (Lipinski definition) is 3. The number of rotatable bonds is 3. The van der Waals surface area contributed by atoms with E-state index in [9.17, 15) is 0 Å². The zero-order valence-corrected chi connectivity index (χ0v) is 9.81. The molecule has 0 amide bonds. The van der Waals surface area contributed by atoms with Crippen molar-refractivity contribution in [2.24, 2.45) is 0 Å². The Kier molecular flexibility index (Phi) is 3.19. The number of anilines is 2. The molecule has 2 aromatic carbocycles. The van der Waals surface area contributed by atoms with Gasteiger partial charge in [-0.3, -0.25) is 0 Å². The first-order chi connectivity index (χ1) is 8.15. The molecular weight excluding hydrogens is 212 g/mol. The molecule has 2 rings (SSSR count). The van der Waals surface area contributed by atoms with E-state index >= 15 is 0 Å². The van der Waals surface area contributed by atoms with Gasteiger partial charge in [-0.1, -0.05) is 18.2 Å². The molecule has 0 aliphatic carbocycles. The molecule has 2 aromatic rings. The number of nitrogen functional groups attached to an aromatic ring is 2. The fourth-order valence-corrected chi connectivity index (χ4v) is 1.64. The number of aryl methyl sites for hydroxylation is 1. The van der Waals surface area contributed by atoms with E-state index in [0.29, 0.717) is 18.0 Å². The van der Waals surface area contributed by atoms with Gasteiger partial charge in [-0.25, -0.2) is 0 Å². The Morgan fingerprint density at radius 1 is 1.06 bits per heavy atom. The maximum Gasteiger partial charge on any atom is 0.142 e. The minimum Gasteiger partial charge on any atom is -0.487 e. The molecule has 0 aliphatic rings. The van der Waals surface area contributed by atoms with Crippen LogP contribution in [0.1, 0.15) is 11.1 Å². The second-order valence-corrected chi connectivity index (χ2v) is 4.07. The summed E-state index contributed by atoms with van der Waals surface area (Å²) in [7, 11) is 0. The van der Waals surface area contributed by atoms with Crippen LogP contribution in [0.3, 0.4) is 0 Å². The van der Waals surface area contributed by atoms with Gasteiger partial charge in [0, 0.05) is 5.69 Å². The van der Waals surface area contributed by atoms with E-state index in [2.05, 4.69) is 0 Å². The summed E-state index contributed by atoms with van der Waals surface area (Å²) in [5.74, 6) is 0.707. The van der Waals surface area contributed by atoms with E-state index in [4.69, 9.17) is 16.2 Å². The Balaban J connectivity index is 2.07. The summed E-state index contributed by atoms with van der Waals surface area (Å²) in [6.45, 7) is 2.47. The summed E-state index contributed by atoms with van der Waals surface area (Å²) in [4.78, 5) is 0. The average molecular weight is 228 g/mol. The number of benzene rings is 2. The van der Waals surface area contributed by atoms with Crippen molar-refractivity contribution in [1.82, 2.24) is 0 Å². The summed E-state index contributed by atoms with van der Waals surface area (Å²) in [5, 5.41) is 0. The molecule has 0 fully saturated rings. The number of nitrogens with two attached hydrogens (primary N) is 2. The van der Waals surface area contributed by atoms with Crippen LogP contribution < -0.4 is 16.2 Å². The van der Waals surface area contributed by atoms with Crippen LogP contribution in [0.25, 0.3) is 0 Å². The van der Waals surface area contributed by atoms with Crippen molar-refractivity contribution in [3.63, 3.8) is 0 Å². The second kappa shape index (κ2) is 4.78. The van der Waals surface area contributed by atoms with Gasteiger partial charge in [0.2, 0.25) is 0 Å². The monoisotopic (exact) mass is 228 g/mol. The van der Waals surface area contributed by atoms with Crippen LogP contribution in [0.5, 0.6) is 5.75 Å². The summed E-state index contributed by atoms with van der Waals surface area (Å²) in [6, 6.07) is 13.4. The van der Waals surface area contributed by atoms with Gasteiger partial charge < -0.3 is 16.2 Å². The van der Waals surface area contributed by atoms with Gasteiger partial charge in [-0.15, -0.1) is 0 Å².